The Morgan fingerprint density at radius 1 is 0.873 bits per heavy atom. The van der Waals surface area contributed by atoms with Crippen LogP contribution in [0, 0.1) is 32.1 Å². The van der Waals surface area contributed by atoms with Gasteiger partial charge in [-0.2, -0.15) is 0 Å². The number of hydrogen-bond donors (Lipinski definition) is 0. The number of fused-ring (bicyclic) bond motifs is 1. The van der Waals surface area contributed by atoms with Gasteiger partial charge in [-0.15, -0.1) is 0 Å². The zero-order chi connectivity index (χ0) is 40.4. The highest BCUT2D eigenvalue weighted by molar-refractivity contribution is 6.73. The summed E-state index contributed by atoms with van der Waals surface area (Å²) in [7, 11) is -0.608. The number of non-ortho nitro benzene ring substituents is 2. The van der Waals surface area contributed by atoms with E-state index < -0.39 is 60.2 Å². The van der Waals surface area contributed by atoms with E-state index in [0.717, 1.165) is 42.4 Å². The van der Waals surface area contributed by atoms with E-state index in [2.05, 4.69) is 20.8 Å². The number of likely N-dealkylation sites (tertiary alicyclic amines) is 1. The summed E-state index contributed by atoms with van der Waals surface area (Å²) in [6.07, 6.45) is -0.824. The molecule has 0 spiro atoms. The SMILES string of the molecule is CC[Si](CC)(CC)OC(C)[C@H]1C(=O)N2C(C(=O)OC(=O)c3ccc([N+](=O)[O-])cc3)=C(CN3CC[C@H](N(C)C(=O)OC(=O)c4ccc([N+](=O)[O-])cc4)C3)[C@H](C)[C@H]12. The second kappa shape index (κ2) is 16.6. The number of rotatable bonds is 14. The van der Waals surface area contributed by atoms with Crippen LogP contribution in [-0.4, -0.2) is 108 Å². The summed E-state index contributed by atoms with van der Waals surface area (Å²) in [6.45, 7) is 11.1. The molecule has 294 valence electrons. The van der Waals surface area contributed by atoms with Crippen molar-refractivity contribution in [1.29, 1.82) is 0 Å². The number of esters is 3. The van der Waals surface area contributed by atoms with E-state index in [1.54, 1.807) is 0 Å². The molecule has 0 bridgehead atoms. The van der Waals surface area contributed by atoms with E-state index in [9.17, 15) is 44.2 Å². The summed E-state index contributed by atoms with van der Waals surface area (Å²) in [5.41, 5.74) is -0.0174. The highest BCUT2D eigenvalue weighted by Gasteiger charge is 2.61. The topological polar surface area (TPSA) is 209 Å². The number of nitro benzene ring substituents is 2. The lowest BCUT2D eigenvalue weighted by Crippen LogP contribution is -2.65. The molecule has 3 heterocycles. The first-order chi connectivity index (χ1) is 26.1. The average Bonchev–Trinajstić information content (AvgIpc) is 3.74. The largest absolute Gasteiger partial charge is 0.417 e. The Hall–Kier alpha value is -5.33. The van der Waals surface area contributed by atoms with Gasteiger partial charge in [-0.1, -0.05) is 27.7 Å². The van der Waals surface area contributed by atoms with Crippen LogP contribution in [0.15, 0.2) is 59.8 Å². The van der Waals surface area contributed by atoms with Crippen molar-refractivity contribution < 1.29 is 47.7 Å². The number of benzene rings is 2. The monoisotopic (exact) mass is 779 g/mol. The maximum absolute atomic E-state index is 13.9. The molecule has 0 N–H and O–H groups in total. The van der Waals surface area contributed by atoms with Gasteiger partial charge in [0.1, 0.15) is 5.70 Å². The summed E-state index contributed by atoms with van der Waals surface area (Å²) in [5.74, 6) is -4.17. The van der Waals surface area contributed by atoms with Gasteiger partial charge in [0, 0.05) is 62.9 Å². The minimum atomic E-state index is -2.10. The summed E-state index contributed by atoms with van der Waals surface area (Å²) in [6, 6.07) is 11.2. The van der Waals surface area contributed by atoms with E-state index in [1.807, 2.05) is 18.7 Å². The van der Waals surface area contributed by atoms with Crippen LogP contribution in [-0.2, 0) is 23.5 Å². The second-order valence-corrected chi connectivity index (χ2v) is 18.9. The van der Waals surface area contributed by atoms with Crippen molar-refractivity contribution in [3.8, 4) is 0 Å². The van der Waals surface area contributed by atoms with Crippen molar-refractivity contribution in [1.82, 2.24) is 14.7 Å². The number of ether oxygens (including phenoxy) is 2. The van der Waals surface area contributed by atoms with Gasteiger partial charge in [-0.25, -0.2) is 19.2 Å². The molecule has 17 nitrogen and oxygen atoms in total. The fourth-order valence-electron chi connectivity index (χ4n) is 7.80. The molecular formula is C37H45N5O12Si. The van der Waals surface area contributed by atoms with Gasteiger partial charge >= 0.3 is 24.0 Å². The third kappa shape index (κ3) is 8.20. The average molecular weight is 780 g/mol. The molecular weight excluding hydrogens is 735 g/mol. The fourth-order valence-corrected chi connectivity index (χ4v) is 10.7. The maximum atomic E-state index is 13.9. The molecule has 2 fully saturated rings. The van der Waals surface area contributed by atoms with Crippen LogP contribution < -0.4 is 0 Å². The molecule has 2 amide bonds. The smallest absolute Gasteiger partial charge is 0.413 e. The van der Waals surface area contributed by atoms with Crippen LogP contribution in [0.25, 0.3) is 0 Å². The highest BCUT2D eigenvalue weighted by Crippen LogP contribution is 2.49. The van der Waals surface area contributed by atoms with Crippen molar-refractivity contribution in [2.45, 2.75) is 77.4 Å². The molecule has 18 heteroatoms. The minimum Gasteiger partial charge on any atom is -0.413 e. The van der Waals surface area contributed by atoms with Crippen molar-refractivity contribution >= 4 is 49.6 Å². The van der Waals surface area contributed by atoms with Gasteiger partial charge in [0.15, 0.2) is 8.32 Å². The Kier molecular flexibility index (Phi) is 12.3. The number of carbonyl (C=O) groups excluding carboxylic acids is 5. The molecule has 2 aromatic carbocycles. The molecule has 2 aromatic rings. The van der Waals surface area contributed by atoms with Crippen LogP contribution in [0.5, 0.6) is 0 Å². The first-order valence-electron chi connectivity index (χ1n) is 18.3. The first kappa shape index (κ1) is 40.8. The number of β-lactam (4-membered cyclic amide) rings is 1. The lowest BCUT2D eigenvalue weighted by atomic mass is 9.77. The zero-order valence-corrected chi connectivity index (χ0v) is 32.6. The Balaban J connectivity index is 1.33. The quantitative estimate of drug-likeness (QED) is 0.0595. The van der Waals surface area contributed by atoms with Crippen LogP contribution in [0.2, 0.25) is 18.1 Å². The number of amides is 2. The van der Waals surface area contributed by atoms with Gasteiger partial charge < -0.3 is 23.7 Å². The first-order valence-corrected chi connectivity index (χ1v) is 20.8. The molecule has 0 aromatic heterocycles. The van der Waals surface area contributed by atoms with Gasteiger partial charge in [0.25, 0.3) is 11.4 Å². The van der Waals surface area contributed by atoms with E-state index in [0.29, 0.717) is 25.1 Å². The molecule has 0 aliphatic carbocycles. The van der Waals surface area contributed by atoms with E-state index in [-0.39, 0.29) is 52.6 Å². The minimum absolute atomic E-state index is 0.0293. The highest BCUT2D eigenvalue weighted by atomic mass is 28.4. The van der Waals surface area contributed by atoms with Gasteiger partial charge in [0.05, 0.1) is 39.0 Å². The normalized spacial score (nSPS) is 21.4. The molecule has 0 radical (unpaired) electrons. The molecule has 5 atom stereocenters. The molecule has 1 unspecified atom stereocenters. The lowest BCUT2D eigenvalue weighted by molar-refractivity contribution is -0.385. The number of carbonyl (C=O) groups is 5. The predicted molar refractivity (Wildman–Crippen MR) is 198 cm³/mol. The van der Waals surface area contributed by atoms with Crippen LogP contribution >= 0.6 is 0 Å². The zero-order valence-electron chi connectivity index (χ0n) is 31.6. The maximum Gasteiger partial charge on any atom is 0.417 e. The van der Waals surface area contributed by atoms with Gasteiger partial charge in [-0.05, 0) is 61.3 Å². The van der Waals surface area contributed by atoms with Crippen LogP contribution in [0.4, 0.5) is 16.2 Å². The Bertz CT molecular complexity index is 1890. The summed E-state index contributed by atoms with van der Waals surface area (Å²) >= 11 is 0. The van der Waals surface area contributed by atoms with Crippen molar-refractivity contribution in [3.05, 3.63) is 91.2 Å². The molecule has 5 rings (SSSR count). The van der Waals surface area contributed by atoms with Crippen LogP contribution in [0.3, 0.4) is 0 Å². The second-order valence-electron chi connectivity index (χ2n) is 14.2. The fraction of sp³-hybridized carbons (Fsp3) is 0.486. The number of hydrogen-bond acceptors (Lipinski definition) is 13. The van der Waals surface area contributed by atoms with E-state index >= 15 is 0 Å². The third-order valence-corrected chi connectivity index (χ3v) is 16.1. The van der Waals surface area contributed by atoms with E-state index in [4.69, 9.17) is 13.9 Å². The molecule has 0 saturated carbocycles. The van der Waals surface area contributed by atoms with Crippen molar-refractivity contribution in [2.75, 3.05) is 26.7 Å². The van der Waals surface area contributed by atoms with Crippen molar-refractivity contribution in [2.24, 2.45) is 11.8 Å². The Morgan fingerprint density at radius 2 is 1.38 bits per heavy atom. The number of nitrogens with zero attached hydrogens (tertiary/aromatic N) is 5. The standard InChI is InChI=1S/C37H45N5O12Si/c1-7-55(8-2,9-3)54-23(5)30-31-22(4)29(32(40(31)33(30)43)36(46)52-34(44)24-10-14-26(15-11-24)41(48)49)21-39-19-18-28(20-39)38(6)37(47)53-35(45)25-12-16-27(17-13-25)42(50)51/h10-17,22-23,28,30-31H,7-9,18-21H2,1-6H3/t22-,23?,28-,30+,31+/m0/s1. The lowest BCUT2D eigenvalue weighted by Gasteiger charge is -2.49. The molecule has 2 saturated heterocycles. The van der Waals surface area contributed by atoms with Gasteiger partial charge in [0.2, 0.25) is 5.91 Å². The molecule has 3 aliphatic rings. The summed E-state index contributed by atoms with van der Waals surface area (Å²) in [4.78, 5) is 91.9. The Labute approximate surface area is 318 Å². The predicted octanol–water partition coefficient (Wildman–Crippen LogP) is 5.31. The molecule has 3 aliphatic heterocycles. The third-order valence-electron chi connectivity index (χ3n) is 11.3. The number of likely N-dealkylation sites (N-methyl/N-ethyl adjacent to an activating group) is 1. The van der Waals surface area contributed by atoms with E-state index in [1.165, 1.54) is 41.1 Å². The summed E-state index contributed by atoms with van der Waals surface area (Å²) in [5, 5.41) is 22.0. The Morgan fingerprint density at radius 3 is 1.87 bits per heavy atom. The van der Waals surface area contributed by atoms with Crippen LogP contribution in [0.1, 0.15) is 61.8 Å². The van der Waals surface area contributed by atoms with Crippen molar-refractivity contribution in [3.63, 3.8) is 0 Å². The summed E-state index contributed by atoms with van der Waals surface area (Å²) < 4.78 is 17.1. The molecule has 55 heavy (non-hydrogen) atoms. The van der Waals surface area contributed by atoms with Gasteiger partial charge in [-0.3, -0.25) is 29.9 Å². The number of nitro groups is 2.